The van der Waals surface area contributed by atoms with Crippen LogP contribution in [0.5, 0.6) is 5.75 Å². The number of piperidine rings is 1. The highest BCUT2D eigenvalue weighted by molar-refractivity contribution is 5.76. The standard InChI is InChI=1S/C19H26N4O3/c1-3-25-16-6-4-14(5-7-16)19-22-18(26-23-19)9-8-17(24)21-15-10-11-20-13(2)12-15/h4-7,13,15,20H,3,8-12H2,1-2H3,(H,21,24). The average molecular weight is 358 g/mol. The Labute approximate surface area is 153 Å². The van der Waals surface area contributed by atoms with Gasteiger partial charge in [-0.25, -0.2) is 0 Å². The molecule has 2 heterocycles. The summed E-state index contributed by atoms with van der Waals surface area (Å²) in [6.07, 6.45) is 2.73. The van der Waals surface area contributed by atoms with E-state index in [1.807, 2.05) is 31.2 Å². The summed E-state index contributed by atoms with van der Waals surface area (Å²) in [6.45, 7) is 5.66. The second-order valence-corrected chi connectivity index (χ2v) is 6.61. The summed E-state index contributed by atoms with van der Waals surface area (Å²) in [7, 11) is 0. The molecule has 2 atom stereocenters. The fourth-order valence-electron chi connectivity index (χ4n) is 3.12. The molecule has 2 unspecified atom stereocenters. The van der Waals surface area contributed by atoms with Crippen molar-refractivity contribution in [2.45, 2.75) is 51.6 Å². The number of benzene rings is 1. The van der Waals surface area contributed by atoms with Crippen molar-refractivity contribution in [1.29, 1.82) is 0 Å². The largest absolute Gasteiger partial charge is 0.494 e. The van der Waals surface area contributed by atoms with Crippen LogP contribution in [0.4, 0.5) is 0 Å². The quantitative estimate of drug-likeness (QED) is 0.790. The smallest absolute Gasteiger partial charge is 0.227 e. The summed E-state index contributed by atoms with van der Waals surface area (Å²) in [5, 5.41) is 10.5. The Bertz CT molecular complexity index is 714. The molecule has 2 aromatic rings. The van der Waals surface area contributed by atoms with E-state index in [-0.39, 0.29) is 11.9 Å². The second kappa shape index (κ2) is 8.80. The molecule has 7 nitrogen and oxygen atoms in total. The first-order chi connectivity index (χ1) is 12.6. The number of nitrogens with one attached hydrogen (secondary N) is 2. The number of carbonyl (C=O) groups excluding carboxylic acids is 1. The molecule has 7 heteroatoms. The van der Waals surface area contributed by atoms with Gasteiger partial charge in [0.25, 0.3) is 0 Å². The van der Waals surface area contributed by atoms with Gasteiger partial charge < -0.3 is 19.9 Å². The van der Waals surface area contributed by atoms with Gasteiger partial charge >= 0.3 is 0 Å². The number of hydrogen-bond donors (Lipinski definition) is 2. The molecule has 0 saturated carbocycles. The molecule has 1 amide bonds. The molecule has 1 aliphatic rings. The van der Waals surface area contributed by atoms with Crippen molar-refractivity contribution >= 4 is 5.91 Å². The van der Waals surface area contributed by atoms with E-state index in [0.717, 1.165) is 30.7 Å². The summed E-state index contributed by atoms with van der Waals surface area (Å²) in [4.78, 5) is 16.5. The van der Waals surface area contributed by atoms with Gasteiger partial charge in [0.2, 0.25) is 17.6 Å². The monoisotopic (exact) mass is 358 g/mol. The first-order valence-electron chi connectivity index (χ1n) is 9.22. The molecule has 140 valence electrons. The predicted octanol–water partition coefficient (Wildman–Crippen LogP) is 2.32. The maximum Gasteiger partial charge on any atom is 0.227 e. The fraction of sp³-hybridized carbons (Fsp3) is 0.526. The van der Waals surface area contributed by atoms with E-state index in [1.54, 1.807) is 0 Å². The van der Waals surface area contributed by atoms with Gasteiger partial charge in [-0.05, 0) is 57.5 Å². The van der Waals surface area contributed by atoms with Crippen molar-refractivity contribution in [1.82, 2.24) is 20.8 Å². The molecule has 1 fully saturated rings. The molecule has 1 aromatic carbocycles. The number of hydrogen-bond acceptors (Lipinski definition) is 6. The molecule has 26 heavy (non-hydrogen) atoms. The Kier molecular flexibility index (Phi) is 6.22. The van der Waals surface area contributed by atoms with Crippen LogP contribution in [0.2, 0.25) is 0 Å². The molecule has 0 bridgehead atoms. The average Bonchev–Trinajstić information content (AvgIpc) is 3.10. The Morgan fingerprint density at radius 1 is 1.38 bits per heavy atom. The highest BCUT2D eigenvalue weighted by Gasteiger charge is 2.20. The first kappa shape index (κ1) is 18.4. The molecule has 1 aliphatic heterocycles. The van der Waals surface area contributed by atoms with Crippen LogP contribution in [0.25, 0.3) is 11.4 Å². The number of nitrogens with zero attached hydrogens (tertiary/aromatic N) is 2. The van der Waals surface area contributed by atoms with Gasteiger partial charge in [-0.2, -0.15) is 4.98 Å². The SMILES string of the molecule is CCOc1ccc(-c2noc(CCC(=O)NC3CCNC(C)C3)n2)cc1. The molecule has 0 radical (unpaired) electrons. The van der Waals surface area contributed by atoms with Crippen molar-refractivity contribution in [2.75, 3.05) is 13.2 Å². The van der Waals surface area contributed by atoms with Crippen LogP contribution in [-0.4, -0.2) is 41.3 Å². The molecular weight excluding hydrogens is 332 g/mol. The van der Waals surface area contributed by atoms with E-state index in [9.17, 15) is 4.79 Å². The molecular formula is C19H26N4O3. The van der Waals surface area contributed by atoms with E-state index < -0.39 is 0 Å². The van der Waals surface area contributed by atoms with Crippen LogP contribution >= 0.6 is 0 Å². The first-order valence-corrected chi connectivity index (χ1v) is 9.22. The lowest BCUT2D eigenvalue weighted by Gasteiger charge is -2.28. The van der Waals surface area contributed by atoms with Crippen LogP contribution in [0, 0.1) is 0 Å². The van der Waals surface area contributed by atoms with Crippen LogP contribution in [0.1, 0.15) is 39.0 Å². The van der Waals surface area contributed by atoms with Crippen LogP contribution in [-0.2, 0) is 11.2 Å². The van der Waals surface area contributed by atoms with E-state index in [0.29, 0.717) is 37.2 Å². The Hall–Kier alpha value is -2.41. The zero-order chi connectivity index (χ0) is 18.4. The van der Waals surface area contributed by atoms with Crippen molar-refractivity contribution in [2.24, 2.45) is 0 Å². The summed E-state index contributed by atoms with van der Waals surface area (Å²) in [5.41, 5.74) is 0.858. The molecule has 3 rings (SSSR count). The van der Waals surface area contributed by atoms with Crippen molar-refractivity contribution in [3.05, 3.63) is 30.2 Å². The molecule has 0 aliphatic carbocycles. The number of aryl methyl sites for hydroxylation is 1. The maximum atomic E-state index is 12.1. The number of amides is 1. The van der Waals surface area contributed by atoms with E-state index in [4.69, 9.17) is 9.26 Å². The summed E-state index contributed by atoms with van der Waals surface area (Å²) < 4.78 is 10.7. The molecule has 2 N–H and O–H groups in total. The van der Waals surface area contributed by atoms with Gasteiger partial charge in [-0.3, -0.25) is 4.79 Å². The topological polar surface area (TPSA) is 89.3 Å². The van der Waals surface area contributed by atoms with Crippen molar-refractivity contribution < 1.29 is 14.1 Å². The summed E-state index contributed by atoms with van der Waals surface area (Å²) in [5.74, 6) is 1.84. The number of rotatable bonds is 7. The van der Waals surface area contributed by atoms with Gasteiger partial charge in [-0.1, -0.05) is 5.16 Å². The van der Waals surface area contributed by atoms with Crippen molar-refractivity contribution in [3.8, 4) is 17.1 Å². The predicted molar refractivity (Wildman–Crippen MR) is 97.9 cm³/mol. The van der Waals surface area contributed by atoms with Crippen LogP contribution < -0.4 is 15.4 Å². The van der Waals surface area contributed by atoms with Gasteiger partial charge in [0, 0.05) is 30.5 Å². The van der Waals surface area contributed by atoms with Crippen LogP contribution in [0.3, 0.4) is 0 Å². The van der Waals surface area contributed by atoms with Crippen LogP contribution in [0.15, 0.2) is 28.8 Å². The summed E-state index contributed by atoms with van der Waals surface area (Å²) >= 11 is 0. The highest BCUT2D eigenvalue weighted by atomic mass is 16.5. The van der Waals surface area contributed by atoms with E-state index in [2.05, 4.69) is 27.7 Å². The maximum absolute atomic E-state index is 12.1. The lowest BCUT2D eigenvalue weighted by atomic mass is 10.0. The Morgan fingerprint density at radius 3 is 2.92 bits per heavy atom. The zero-order valence-electron chi connectivity index (χ0n) is 15.3. The third kappa shape index (κ3) is 5.05. The highest BCUT2D eigenvalue weighted by Crippen LogP contribution is 2.20. The van der Waals surface area contributed by atoms with Crippen molar-refractivity contribution in [3.63, 3.8) is 0 Å². The zero-order valence-corrected chi connectivity index (χ0v) is 15.3. The minimum atomic E-state index is 0.0323. The van der Waals surface area contributed by atoms with E-state index in [1.165, 1.54) is 0 Å². The third-order valence-electron chi connectivity index (χ3n) is 4.45. The minimum Gasteiger partial charge on any atom is -0.494 e. The number of ether oxygens (including phenoxy) is 1. The van der Waals surface area contributed by atoms with Gasteiger partial charge in [0.05, 0.1) is 6.61 Å². The molecule has 0 spiro atoms. The van der Waals surface area contributed by atoms with Gasteiger partial charge in [0.1, 0.15) is 5.75 Å². The molecule has 1 aromatic heterocycles. The van der Waals surface area contributed by atoms with Gasteiger partial charge in [0.15, 0.2) is 0 Å². The summed E-state index contributed by atoms with van der Waals surface area (Å²) in [6, 6.07) is 8.24. The minimum absolute atomic E-state index is 0.0323. The lowest BCUT2D eigenvalue weighted by Crippen LogP contribution is -2.46. The third-order valence-corrected chi connectivity index (χ3v) is 4.45. The number of aromatic nitrogens is 2. The Morgan fingerprint density at radius 2 is 2.19 bits per heavy atom. The second-order valence-electron chi connectivity index (χ2n) is 6.61. The molecule has 1 saturated heterocycles. The lowest BCUT2D eigenvalue weighted by molar-refractivity contribution is -0.122. The fourth-order valence-corrected chi connectivity index (χ4v) is 3.12. The number of carbonyl (C=O) groups is 1. The van der Waals surface area contributed by atoms with E-state index >= 15 is 0 Å². The normalized spacial score (nSPS) is 19.9. The van der Waals surface area contributed by atoms with Gasteiger partial charge in [-0.15, -0.1) is 0 Å². The Balaban J connectivity index is 1.49.